The number of imide groups is 1. The van der Waals surface area contributed by atoms with Gasteiger partial charge >= 0.3 is 0 Å². The van der Waals surface area contributed by atoms with Gasteiger partial charge in [0.05, 0.1) is 18.4 Å². The maximum atomic E-state index is 13.6. The molecule has 0 radical (unpaired) electrons. The monoisotopic (exact) mass is 446 g/mol. The highest BCUT2D eigenvalue weighted by atomic mass is 35.5. The Hall–Kier alpha value is -3.57. The first-order chi connectivity index (χ1) is 15.3. The van der Waals surface area contributed by atoms with Crippen LogP contribution < -0.4 is 15.0 Å². The van der Waals surface area contributed by atoms with Gasteiger partial charge in [-0.15, -0.1) is 0 Å². The maximum absolute atomic E-state index is 13.6. The summed E-state index contributed by atoms with van der Waals surface area (Å²) in [7, 11) is 1.54. The Bertz CT molecular complexity index is 1260. The van der Waals surface area contributed by atoms with Gasteiger partial charge in [-0.1, -0.05) is 41.9 Å². The molecule has 0 aromatic heterocycles. The summed E-state index contributed by atoms with van der Waals surface area (Å²) in [6, 6.07) is 18.2. The zero-order valence-corrected chi connectivity index (χ0v) is 19.1. The first-order valence-electron chi connectivity index (χ1n) is 10.2. The standard InChI is InChI=1S/C26H23ClN2O3/c1-15-11-16(2)13-18(12-15)28-24-23(20-7-5-6-8-22(20)32-4)25(30)29(26(24)31)19-10-9-17(3)21(27)14-19/h5-14,28H,1-4H3. The third-order valence-electron chi connectivity index (χ3n) is 5.36. The molecule has 6 heteroatoms. The van der Waals surface area contributed by atoms with E-state index in [2.05, 4.69) is 5.32 Å². The molecule has 1 N–H and O–H groups in total. The second kappa shape index (κ2) is 8.52. The summed E-state index contributed by atoms with van der Waals surface area (Å²) in [5.41, 5.74) is 5.10. The Morgan fingerprint density at radius 1 is 0.875 bits per heavy atom. The van der Waals surface area contributed by atoms with E-state index in [4.69, 9.17) is 16.3 Å². The summed E-state index contributed by atoms with van der Waals surface area (Å²) in [6.45, 7) is 5.83. The molecule has 0 unspecified atom stereocenters. The van der Waals surface area contributed by atoms with Gasteiger partial charge in [0.2, 0.25) is 0 Å². The van der Waals surface area contributed by atoms with Crippen molar-refractivity contribution in [3.05, 3.63) is 93.6 Å². The van der Waals surface area contributed by atoms with Crippen molar-refractivity contribution in [1.29, 1.82) is 0 Å². The van der Waals surface area contributed by atoms with Crippen LogP contribution in [0.4, 0.5) is 11.4 Å². The van der Waals surface area contributed by atoms with E-state index in [0.29, 0.717) is 22.0 Å². The Balaban J connectivity index is 1.88. The molecule has 0 saturated carbocycles. The first-order valence-corrected chi connectivity index (χ1v) is 10.6. The number of halogens is 1. The largest absolute Gasteiger partial charge is 0.496 e. The number of ether oxygens (including phenoxy) is 1. The van der Waals surface area contributed by atoms with Gasteiger partial charge in [-0.05, 0) is 67.8 Å². The summed E-state index contributed by atoms with van der Waals surface area (Å²) in [6.07, 6.45) is 0. The summed E-state index contributed by atoms with van der Waals surface area (Å²) in [4.78, 5) is 28.3. The van der Waals surface area contributed by atoms with E-state index >= 15 is 0 Å². The molecule has 162 valence electrons. The fourth-order valence-corrected chi connectivity index (χ4v) is 4.07. The quantitative estimate of drug-likeness (QED) is 0.513. The van der Waals surface area contributed by atoms with Gasteiger partial charge < -0.3 is 10.1 Å². The molecule has 0 atom stereocenters. The summed E-state index contributed by atoms with van der Waals surface area (Å²) >= 11 is 6.29. The van der Waals surface area contributed by atoms with Crippen LogP contribution in [-0.2, 0) is 9.59 Å². The first kappa shape index (κ1) is 21.7. The topological polar surface area (TPSA) is 58.6 Å². The van der Waals surface area contributed by atoms with Gasteiger partial charge in [-0.2, -0.15) is 0 Å². The Morgan fingerprint density at radius 2 is 1.56 bits per heavy atom. The Kier molecular flexibility index (Phi) is 5.76. The van der Waals surface area contributed by atoms with Crippen molar-refractivity contribution >= 4 is 40.4 Å². The van der Waals surface area contributed by atoms with E-state index in [1.807, 2.05) is 51.1 Å². The van der Waals surface area contributed by atoms with Crippen molar-refractivity contribution in [2.24, 2.45) is 0 Å². The third-order valence-corrected chi connectivity index (χ3v) is 5.77. The Morgan fingerprint density at radius 3 is 2.22 bits per heavy atom. The number of benzene rings is 3. The highest BCUT2D eigenvalue weighted by molar-refractivity contribution is 6.46. The van der Waals surface area contributed by atoms with Crippen LogP contribution in [0.5, 0.6) is 5.75 Å². The molecule has 32 heavy (non-hydrogen) atoms. The molecule has 0 aliphatic carbocycles. The van der Waals surface area contributed by atoms with Crippen molar-refractivity contribution in [2.75, 3.05) is 17.3 Å². The SMILES string of the molecule is COc1ccccc1C1=C(Nc2cc(C)cc(C)c2)C(=O)N(c2ccc(C)c(Cl)c2)C1=O. The number of nitrogens with one attached hydrogen (secondary N) is 1. The molecule has 0 bridgehead atoms. The van der Waals surface area contributed by atoms with Crippen molar-refractivity contribution < 1.29 is 14.3 Å². The van der Waals surface area contributed by atoms with Crippen LogP contribution in [0, 0.1) is 20.8 Å². The molecule has 3 aromatic carbocycles. The molecule has 1 heterocycles. The lowest BCUT2D eigenvalue weighted by molar-refractivity contribution is -0.120. The van der Waals surface area contributed by atoms with Crippen LogP contribution in [0.25, 0.3) is 5.57 Å². The van der Waals surface area contributed by atoms with E-state index in [-0.39, 0.29) is 11.3 Å². The third kappa shape index (κ3) is 3.87. The van der Waals surface area contributed by atoms with E-state index in [0.717, 1.165) is 27.3 Å². The second-order valence-electron chi connectivity index (χ2n) is 7.83. The maximum Gasteiger partial charge on any atom is 0.282 e. The number of aryl methyl sites for hydroxylation is 3. The average Bonchev–Trinajstić information content (AvgIpc) is 2.99. The second-order valence-corrected chi connectivity index (χ2v) is 8.24. The number of rotatable bonds is 5. The van der Waals surface area contributed by atoms with Crippen LogP contribution in [0.1, 0.15) is 22.3 Å². The van der Waals surface area contributed by atoms with Gasteiger partial charge in [0, 0.05) is 16.3 Å². The van der Waals surface area contributed by atoms with Crippen LogP contribution >= 0.6 is 11.6 Å². The molecule has 1 aliphatic rings. The molecule has 3 aromatic rings. The molecule has 0 spiro atoms. The van der Waals surface area contributed by atoms with E-state index in [1.165, 1.54) is 7.11 Å². The summed E-state index contributed by atoms with van der Waals surface area (Å²) in [5.74, 6) is -0.381. The molecule has 5 nitrogen and oxygen atoms in total. The van der Waals surface area contributed by atoms with Gasteiger partial charge in [0.15, 0.2) is 0 Å². The number of anilines is 2. The molecule has 2 amide bonds. The fraction of sp³-hybridized carbons (Fsp3) is 0.154. The number of hydrogen-bond donors (Lipinski definition) is 1. The molecule has 0 saturated heterocycles. The van der Waals surface area contributed by atoms with Crippen LogP contribution in [-0.4, -0.2) is 18.9 Å². The van der Waals surface area contributed by atoms with E-state index in [1.54, 1.807) is 30.3 Å². The van der Waals surface area contributed by atoms with Crippen LogP contribution in [0.3, 0.4) is 0 Å². The number of methoxy groups -OCH3 is 1. The lowest BCUT2D eigenvalue weighted by Gasteiger charge is -2.16. The number of carbonyl (C=O) groups is 2. The number of carbonyl (C=O) groups excluding carboxylic acids is 2. The predicted molar refractivity (Wildman–Crippen MR) is 128 cm³/mol. The average molecular weight is 447 g/mol. The van der Waals surface area contributed by atoms with E-state index < -0.39 is 11.8 Å². The molecule has 0 fully saturated rings. The van der Waals surface area contributed by atoms with Crippen LogP contribution in [0.2, 0.25) is 5.02 Å². The zero-order valence-electron chi connectivity index (χ0n) is 18.3. The molecular formula is C26H23ClN2O3. The lowest BCUT2D eigenvalue weighted by atomic mass is 10.0. The minimum atomic E-state index is -0.449. The van der Waals surface area contributed by atoms with Gasteiger partial charge in [-0.3, -0.25) is 9.59 Å². The Labute approximate surface area is 192 Å². The van der Waals surface area contributed by atoms with Crippen molar-refractivity contribution in [3.8, 4) is 5.75 Å². The lowest BCUT2D eigenvalue weighted by Crippen LogP contribution is -2.32. The normalized spacial score (nSPS) is 13.7. The highest BCUT2D eigenvalue weighted by Gasteiger charge is 2.41. The summed E-state index contributed by atoms with van der Waals surface area (Å²) in [5, 5.41) is 3.69. The fourth-order valence-electron chi connectivity index (χ4n) is 3.89. The van der Waals surface area contributed by atoms with Crippen molar-refractivity contribution in [1.82, 2.24) is 0 Å². The van der Waals surface area contributed by atoms with Crippen molar-refractivity contribution in [2.45, 2.75) is 20.8 Å². The number of nitrogens with zero attached hydrogens (tertiary/aromatic N) is 1. The molecule has 1 aliphatic heterocycles. The van der Waals surface area contributed by atoms with Gasteiger partial charge in [0.1, 0.15) is 11.4 Å². The van der Waals surface area contributed by atoms with Gasteiger partial charge in [0.25, 0.3) is 11.8 Å². The highest BCUT2D eigenvalue weighted by Crippen LogP contribution is 2.38. The van der Waals surface area contributed by atoms with Gasteiger partial charge in [-0.25, -0.2) is 4.90 Å². The summed E-state index contributed by atoms with van der Waals surface area (Å²) < 4.78 is 5.49. The molecular weight excluding hydrogens is 424 g/mol. The minimum absolute atomic E-state index is 0.196. The van der Waals surface area contributed by atoms with Crippen LogP contribution in [0.15, 0.2) is 66.4 Å². The predicted octanol–water partition coefficient (Wildman–Crippen LogP) is 5.67. The number of amides is 2. The molecule has 4 rings (SSSR count). The van der Waals surface area contributed by atoms with E-state index in [9.17, 15) is 9.59 Å². The smallest absolute Gasteiger partial charge is 0.282 e. The number of para-hydroxylation sites is 1. The minimum Gasteiger partial charge on any atom is -0.496 e. The zero-order chi connectivity index (χ0) is 23.0. The number of hydrogen-bond acceptors (Lipinski definition) is 4. The van der Waals surface area contributed by atoms with Crippen molar-refractivity contribution in [3.63, 3.8) is 0 Å².